The Morgan fingerprint density at radius 1 is 1.33 bits per heavy atom. The Bertz CT molecular complexity index is 53.9. The minimum atomic E-state index is 0.212. The summed E-state index contributed by atoms with van der Waals surface area (Å²) in [6, 6.07) is 0. The molecule has 0 fully saturated rings. The highest BCUT2D eigenvalue weighted by Crippen LogP contribution is 1.77. The molecule has 0 spiro atoms. The maximum absolute atomic E-state index is 7.98. The fraction of sp³-hybridized carbons (Fsp3) is 0.429. The van der Waals surface area contributed by atoms with Crippen LogP contribution in [0.1, 0.15) is 6.42 Å². The van der Waals surface area contributed by atoms with E-state index in [1.165, 1.54) is 0 Å². The molecule has 0 aromatic rings. The molecule has 0 amide bonds. The molecule has 0 unspecified atom stereocenters. The van der Waals surface area contributed by atoms with E-state index in [9.17, 15) is 0 Å². The molecule has 0 aromatic heterocycles. The second-order valence-electron chi connectivity index (χ2n) is 1.24. The lowest BCUT2D eigenvalue weighted by Gasteiger charge is -1.77. The number of aliphatic hydroxyl groups excluding tert-OH is 1. The number of aliphatic hydroxyl groups is 1. The molecule has 0 bridgehead atoms. The van der Waals surface area contributed by atoms with E-state index in [0.29, 0.717) is 12.3 Å². The van der Waals surface area contributed by atoms with Gasteiger partial charge in [0.05, 0.1) is 0 Å². The molecule has 1 nitrogen and oxygen atoms in total. The number of hydrogen-bond acceptors (Lipinski definition) is 1. The van der Waals surface area contributed by atoms with Gasteiger partial charge in [-0.2, -0.15) is 0 Å². The van der Waals surface area contributed by atoms with Crippen molar-refractivity contribution < 1.29 is 5.11 Å². The molecule has 9 heavy (non-hydrogen) atoms. The second-order valence-corrected chi connectivity index (χ2v) is 1.62. The van der Waals surface area contributed by atoms with Gasteiger partial charge in [0.1, 0.15) is 0 Å². The lowest BCUT2D eigenvalue weighted by atomic mass is 10.5. The van der Waals surface area contributed by atoms with Crippen LogP contribution in [0.2, 0.25) is 0 Å². The Labute approximate surface area is 61.7 Å². The summed E-state index contributed by atoms with van der Waals surface area (Å²) in [6.45, 7) is 6.93. The molecule has 0 saturated heterocycles. The summed E-state index contributed by atoms with van der Waals surface area (Å²) in [6.07, 6.45) is 3.99. The summed E-state index contributed by atoms with van der Waals surface area (Å²) in [4.78, 5) is 0. The van der Waals surface area contributed by atoms with Crippen LogP contribution in [-0.4, -0.2) is 17.6 Å². The molecule has 0 saturated carbocycles. The quantitative estimate of drug-likeness (QED) is 0.479. The van der Waals surface area contributed by atoms with Crippen molar-refractivity contribution in [1.82, 2.24) is 0 Å². The lowest BCUT2D eigenvalue weighted by Crippen LogP contribution is -1.79. The highest BCUT2D eigenvalue weighted by atomic mass is 35.5. The number of alkyl halides is 1. The third kappa shape index (κ3) is 34.1. The van der Waals surface area contributed by atoms with Crippen LogP contribution in [0.5, 0.6) is 0 Å². The Morgan fingerprint density at radius 2 is 1.78 bits per heavy atom. The van der Waals surface area contributed by atoms with Gasteiger partial charge in [-0.3, -0.25) is 0 Å². The summed E-state index contributed by atoms with van der Waals surface area (Å²) >= 11 is 5.14. The fourth-order valence-electron chi connectivity index (χ4n) is 0.0598. The molecule has 0 rings (SSSR count). The number of hydrogen-bond donors (Lipinski definition) is 1. The van der Waals surface area contributed by atoms with Crippen molar-refractivity contribution in [3.05, 3.63) is 25.3 Å². The first-order chi connectivity index (χ1) is 4.33. The Hall–Kier alpha value is -0.270. The molecule has 1 N–H and O–H groups in total. The zero-order valence-electron chi connectivity index (χ0n) is 5.52. The molecule has 0 radical (unpaired) electrons. The summed E-state index contributed by atoms with van der Waals surface area (Å²) in [5.74, 6) is 0.566. The lowest BCUT2D eigenvalue weighted by molar-refractivity contribution is 0.296. The highest BCUT2D eigenvalue weighted by molar-refractivity contribution is 6.17. The largest absolute Gasteiger partial charge is 0.396 e. The molecule has 0 aromatic carbocycles. The summed E-state index contributed by atoms with van der Waals surface area (Å²) in [5, 5.41) is 7.98. The fourth-order valence-corrected chi connectivity index (χ4v) is 0.179. The van der Waals surface area contributed by atoms with Gasteiger partial charge in [-0.25, -0.2) is 0 Å². The van der Waals surface area contributed by atoms with Crippen molar-refractivity contribution >= 4 is 11.6 Å². The van der Waals surface area contributed by atoms with Crippen molar-refractivity contribution in [2.45, 2.75) is 6.42 Å². The van der Waals surface area contributed by atoms with Crippen LogP contribution in [-0.2, 0) is 0 Å². The summed E-state index contributed by atoms with van der Waals surface area (Å²) in [5.41, 5.74) is 0. The highest BCUT2D eigenvalue weighted by Gasteiger charge is 1.71. The average molecular weight is 149 g/mol. The predicted octanol–water partition coefficient (Wildman–Crippen LogP) is 1.97. The second kappa shape index (κ2) is 15.6. The number of rotatable bonds is 3. The third-order valence-electron chi connectivity index (χ3n) is 0.458. The maximum atomic E-state index is 7.98. The molecular weight excluding hydrogens is 136 g/mol. The summed E-state index contributed by atoms with van der Waals surface area (Å²) in [7, 11) is 0. The van der Waals surface area contributed by atoms with Crippen LogP contribution in [0.4, 0.5) is 0 Å². The van der Waals surface area contributed by atoms with Crippen LogP contribution in [0.25, 0.3) is 0 Å². The number of halogens is 1. The van der Waals surface area contributed by atoms with Crippen LogP contribution >= 0.6 is 11.6 Å². The van der Waals surface area contributed by atoms with Gasteiger partial charge in [0.15, 0.2) is 0 Å². The van der Waals surface area contributed by atoms with E-state index in [4.69, 9.17) is 16.7 Å². The normalized spacial score (nSPS) is 6.89. The zero-order valence-corrected chi connectivity index (χ0v) is 6.27. The van der Waals surface area contributed by atoms with Crippen LogP contribution in [0.15, 0.2) is 25.3 Å². The first-order valence-electron chi connectivity index (χ1n) is 2.73. The zero-order chi connectivity index (χ0) is 7.54. The minimum absolute atomic E-state index is 0.212. The topological polar surface area (TPSA) is 20.2 Å². The molecule has 0 atom stereocenters. The molecule has 0 aliphatic rings. The molecule has 0 aliphatic heterocycles. The Balaban J connectivity index is 0. The van der Waals surface area contributed by atoms with Crippen LogP contribution < -0.4 is 0 Å². The van der Waals surface area contributed by atoms with E-state index in [-0.39, 0.29) is 6.61 Å². The van der Waals surface area contributed by atoms with E-state index >= 15 is 0 Å². The minimum Gasteiger partial charge on any atom is -0.396 e. The Morgan fingerprint density at radius 3 is 1.78 bits per heavy atom. The van der Waals surface area contributed by atoms with Gasteiger partial charge in [0, 0.05) is 12.5 Å². The van der Waals surface area contributed by atoms with E-state index in [1.807, 2.05) is 0 Å². The number of allylic oxidation sites excluding steroid dienone is 2. The molecule has 0 heterocycles. The van der Waals surface area contributed by atoms with E-state index in [2.05, 4.69) is 13.2 Å². The van der Waals surface area contributed by atoms with Gasteiger partial charge in [-0.05, 0) is 6.42 Å². The predicted molar refractivity (Wildman–Crippen MR) is 42.8 cm³/mol. The molecular formula is C7H13ClO. The van der Waals surface area contributed by atoms with Gasteiger partial charge in [0.2, 0.25) is 0 Å². The van der Waals surface area contributed by atoms with Crippen LogP contribution in [0, 0.1) is 0 Å². The monoisotopic (exact) mass is 148 g/mol. The van der Waals surface area contributed by atoms with Crippen molar-refractivity contribution in [1.29, 1.82) is 0 Å². The maximum Gasteiger partial charge on any atom is 0.0442 e. The average Bonchev–Trinajstić information content (AvgIpc) is 1.91. The van der Waals surface area contributed by atoms with Crippen molar-refractivity contribution in [3.63, 3.8) is 0 Å². The Kier molecular flexibility index (Phi) is 20.0. The van der Waals surface area contributed by atoms with E-state index < -0.39 is 0 Å². The van der Waals surface area contributed by atoms with Crippen molar-refractivity contribution in [2.75, 3.05) is 12.5 Å². The smallest absolute Gasteiger partial charge is 0.0442 e. The van der Waals surface area contributed by atoms with Gasteiger partial charge in [0.25, 0.3) is 0 Å². The first-order valence-corrected chi connectivity index (χ1v) is 3.27. The van der Waals surface area contributed by atoms with Crippen molar-refractivity contribution in [3.8, 4) is 0 Å². The van der Waals surface area contributed by atoms with Crippen LogP contribution in [0.3, 0.4) is 0 Å². The van der Waals surface area contributed by atoms with E-state index in [0.717, 1.165) is 0 Å². The van der Waals surface area contributed by atoms with Gasteiger partial charge < -0.3 is 5.11 Å². The van der Waals surface area contributed by atoms with Gasteiger partial charge >= 0.3 is 0 Å². The first kappa shape index (κ1) is 11.5. The summed E-state index contributed by atoms with van der Waals surface area (Å²) < 4.78 is 0. The standard InChI is InChI=1S/C4H6.C3H7ClO/c1-3-4-2;4-2-1-3-5/h3-4H,1-2H2;5H,1-3H2. The van der Waals surface area contributed by atoms with E-state index in [1.54, 1.807) is 12.2 Å². The molecule has 0 aliphatic carbocycles. The molecule has 54 valence electrons. The van der Waals surface area contributed by atoms with Gasteiger partial charge in [-0.15, -0.1) is 11.6 Å². The van der Waals surface area contributed by atoms with Gasteiger partial charge in [-0.1, -0.05) is 25.3 Å². The molecule has 2 heteroatoms. The third-order valence-corrected chi connectivity index (χ3v) is 0.726. The van der Waals surface area contributed by atoms with Crippen molar-refractivity contribution in [2.24, 2.45) is 0 Å². The SMILES string of the molecule is C=CC=C.OCCCCl.